The molecule has 6 rings (SSSR count). The summed E-state index contributed by atoms with van der Waals surface area (Å²) >= 11 is 19.0. The summed E-state index contributed by atoms with van der Waals surface area (Å²) in [5.74, 6) is 1.89. The third-order valence-corrected chi connectivity index (χ3v) is 9.50. The Balaban J connectivity index is 1.38. The van der Waals surface area contributed by atoms with Gasteiger partial charge >= 0.3 is 0 Å². The van der Waals surface area contributed by atoms with Crippen molar-refractivity contribution in [2.24, 2.45) is 17.8 Å². The van der Waals surface area contributed by atoms with Crippen molar-refractivity contribution in [2.75, 3.05) is 0 Å². The van der Waals surface area contributed by atoms with Crippen molar-refractivity contribution in [3.05, 3.63) is 85.2 Å². The molecule has 0 spiro atoms. The largest absolute Gasteiger partial charge is 0.346 e. The lowest BCUT2D eigenvalue weighted by Gasteiger charge is -2.40. The maximum absolute atomic E-state index is 13.7. The van der Waals surface area contributed by atoms with E-state index in [-0.39, 0.29) is 29.1 Å². The molecule has 3 aliphatic rings. The van der Waals surface area contributed by atoms with Gasteiger partial charge in [0.05, 0.1) is 12.2 Å². The molecule has 5 nitrogen and oxygen atoms in total. The number of fused-ring (bicyclic) bond motifs is 2. The summed E-state index contributed by atoms with van der Waals surface area (Å²) in [4.78, 5) is 27.4. The van der Waals surface area contributed by atoms with Crippen LogP contribution in [0.25, 0.3) is 5.69 Å². The third kappa shape index (κ3) is 4.29. The highest BCUT2D eigenvalue weighted by Gasteiger charge is 2.50. The molecule has 188 valence electrons. The molecule has 3 fully saturated rings. The summed E-state index contributed by atoms with van der Waals surface area (Å²) < 4.78 is 3.20. The first-order chi connectivity index (χ1) is 17.3. The normalized spacial score (nSPS) is 26.7. The molecular formula is C28H28Cl3N3O2. The lowest BCUT2D eigenvalue weighted by atomic mass is 9.73. The smallest absolute Gasteiger partial charge is 0.284 e. The number of aromatic nitrogens is 2. The highest BCUT2D eigenvalue weighted by molar-refractivity contribution is 6.36. The van der Waals surface area contributed by atoms with E-state index < -0.39 is 0 Å². The molecule has 3 bridgehead atoms. The van der Waals surface area contributed by atoms with Crippen LogP contribution in [0.15, 0.2) is 53.5 Å². The maximum atomic E-state index is 13.7. The van der Waals surface area contributed by atoms with Crippen molar-refractivity contribution in [2.45, 2.75) is 57.0 Å². The summed E-state index contributed by atoms with van der Waals surface area (Å²) in [6, 6.07) is 12.3. The molecule has 3 saturated carbocycles. The predicted molar refractivity (Wildman–Crippen MR) is 144 cm³/mol. The molecule has 8 heteroatoms. The second-order valence-electron chi connectivity index (χ2n) is 10.8. The number of carbonyl (C=O) groups is 1. The van der Waals surface area contributed by atoms with Gasteiger partial charge in [-0.05, 0) is 86.3 Å². The van der Waals surface area contributed by atoms with Gasteiger partial charge in [0.25, 0.3) is 11.5 Å². The fourth-order valence-electron chi connectivity index (χ4n) is 7.08. The van der Waals surface area contributed by atoms with E-state index in [4.69, 9.17) is 34.8 Å². The fourth-order valence-corrected chi connectivity index (χ4v) is 7.73. The molecule has 2 aromatic carbocycles. The Hall–Kier alpha value is -2.21. The summed E-state index contributed by atoms with van der Waals surface area (Å²) in [6.07, 6.45) is 9.64. The van der Waals surface area contributed by atoms with Gasteiger partial charge in [0, 0.05) is 32.4 Å². The number of rotatable bonds is 5. The topological polar surface area (TPSA) is 56.0 Å². The molecule has 1 N–H and O–H groups in total. The second-order valence-corrected chi connectivity index (χ2v) is 12.1. The van der Waals surface area contributed by atoms with E-state index in [1.165, 1.54) is 23.9 Å². The summed E-state index contributed by atoms with van der Waals surface area (Å²) in [5, 5.41) is 4.93. The van der Waals surface area contributed by atoms with Gasteiger partial charge in [-0.1, -0.05) is 53.7 Å². The van der Waals surface area contributed by atoms with E-state index in [9.17, 15) is 9.59 Å². The van der Waals surface area contributed by atoms with Crippen LogP contribution >= 0.6 is 34.8 Å². The number of carbonyl (C=O) groups excluding carboxylic acids is 1. The number of nitrogens with one attached hydrogen (secondary N) is 1. The average molecular weight is 545 g/mol. The molecule has 4 atom stereocenters. The molecule has 0 aliphatic heterocycles. The summed E-state index contributed by atoms with van der Waals surface area (Å²) in [5.41, 5.74) is 0.836. The fraction of sp³-hybridized carbons (Fsp3) is 0.429. The van der Waals surface area contributed by atoms with Crippen LogP contribution in [-0.2, 0) is 6.54 Å². The van der Waals surface area contributed by atoms with Crippen molar-refractivity contribution in [1.29, 1.82) is 0 Å². The molecule has 1 heterocycles. The Bertz CT molecular complexity index is 1360. The van der Waals surface area contributed by atoms with E-state index in [2.05, 4.69) is 5.32 Å². The minimum absolute atomic E-state index is 0.126. The van der Waals surface area contributed by atoms with Crippen LogP contribution in [0.2, 0.25) is 15.1 Å². The van der Waals surface area contributed by atoms with Gasteiger partial charge in [0.1, 0.15) is 5.56 Å². The SMILES string of the molecule is O=C(NC12CCCC3CC(CC3C1)C2)c1cn(Cc2c(Cl)cccc2Cl)n(-c2ccc(Cl)cc2)c1=O. The Kier molecular flexibility index (Phi) is 6.22. The minimum Gasteiger partial charge on any atom is -0.346 e. The average Bonchev–Trinajstić information content (AvgIpc) is 3.27. The summed E-state index contributed by atoms with van der Waals surface area (Å²) in [7, 11) is 0. The zero-order chi connectivity index (χ0) is 25.0. The van der Waals surface area contributed by atoms with Crippen LogP contribution in [0, 0.1) is 17.8 Å². The Morgan fingerprint density at radius 1 is 1.00 bits per heavy atom. The van der Waals surface area contributed by atoms with Crippen molar-refractivity contribution in [3.8, 4) is 5.69 Å². The van der Waals surface area contributed by atoms with Gasteiger partial charge in [-0.25, -0.2) is 4.68 Å². The maximum Gasteiger partial charge on any atom is 0.284 e. The number of halogens is 3. The molecule has 3 aromatic rings. The van der Waals surface area contributed by atoms with Crippen LogP contribution < -0.4 is 10.9 Å². The third-order valence-electron chi connectivity index (χ3n) is 8.54. The molecule has 36 heavy (non-hydrogen) atoms. The lowest BCUT2D eigenvalue weighted by Crippen LogP contribution is -2.52. The van der Waals surface area contributed by atoms with E-state index in [1.54, 1.807) is 53.3 Å². The molecule has 3 aliphatic carbocycles. The molecule has 4 unspecified atom stereocenters. The van der Waals surface area contributed by atoms with Crippen LogP contribution in [0.4, 0.5) is 0 Å². The quantitative estimate of drug-likeness (QED) is 0.387. The molecule has 0 saturated heterocycles. The Morgan fingerprint density at radius 2 is 1.72 bits per heavy atom. The Labute approximate surface area is 225 Å². The predicted octanol–water partition coefficient (Wildman–Crippen LogP) is 6.74. The number of nitrogens with zero attached hydrogens (tertiary/aromatic N) is 2. The zero-order valence-corrected chi connectivity index (χ0v) is 22.1. The number of benzene rings is 2. The van der Waals surface area contributed by atoms with Crippen LogP contribution in [0.3, 0.4) is 0 Å². The van der Waals surface area contributed by atoms with Gasteiger partial charge in [-0.2, -0.15) is 0 Å². The second kappa shape index (κ2) is 9.27. The van der Waals surface area contributed by atoms with Gasteiger partial charge < -0.3 is 5.32 Å². The first-order valence-corrected chi connectivity index (χ1v) is 13.8. The first-order valence-electron chi connectivity index (χ1n) is 12.7. The van der Waals surface area contributed by atoms with E-state index >= 15 is 0 Å². The molecule has 1 aromatic heterocycles. The number of hydrogen-bond acceptors (Lipinski definition) is 2. The number of amides is 1. The van der Waals surface area contributed by atoms with Gasteiger partial charge in [0.15, 0.2) is 0 Å². The highest BCUT2D eigenvalue weighted by atomic mass is 35.5. The van der Waals surface area contributed by atoms with E-state index in [1.807, 2.05) is 0 Å². The summed E-state index contributed by atoms with van der Waals surface area (Å²) in [6.45, 7) is 0.237. The van der Waals surface area contributed by atoms with Crippen molar-refractivity contribution >= 4 is 40.7 Å². The molecule has 1 amide bonds. The van der Waals surface area contributed by atoms with Crippen LogP contribution in [0.5, 0.6) is 0 Å². The van der Waals surface area contributed by atoms with Crippen molar-refractivity contribution in [3.63, 3.8) is 0 Å². The lowest BCUT2D eigenvalue weighted by molar-refractivity contribution is 0.0823. The first kappa shape index (κ1) is 24.1. The monoisotopic (exact) mass is 543 g/mol. The van der Waals surface area contributed by atoms with Gasteiger partial charge in [0.2, 0.25) is 0 Å². The van der Waals surface area contributed by atoms with Crippen LogP contribution in [0.1, 0.15) is 60.9 Å². The van der Waals surface area contributed by atoms with Gasteiger partial charge in [-0.15, -0.1) is 0 Å². The molecular weight excluding hydrogens is 517 g/mol. The van der Waals surface area contributed by atoms with Crippen molar-refractivity contribution < 1.29 is 4.79 Å². The van der Waals surface area contributed by atoms with E-state index in [0.717, 1.165) is 31.6 Å². The standard InChI is InChI=1S/C28H28Cl3N3O2/c29-20-6-8-21(9-7-20)34-27(36)23(16-33(34)15-22-24(30)4-1-5-25(22)31)26(35)32-28-10-2-3-18-11-17(13-28)12-19(18)14-28/h1,4-9,16-19H,2-3,10-15H2,(H,32,35). The number of hydrogen-bond donors (Lipinski definition) is 1. The Morgan fingerprint density at radius 3 is 2.47 bits per heavy atom. The highest BCUT2D eigenvalue weighted by Crippen LogP contribution is 2.55. The zero-order valence-electron chi connectivity index (χ0n) is 19.9. The minimum atomic E-state index is -0.375. The molecule has 0 radical (unpaired) electrons. The van der Waals surface area contributed by atoms with Crippen LogP contribution in [-0.4, -0.2) is 20.8 Å². The van der Waals surface area contributed by atoms with Crippen molar-refractivity contribution in [1.82, 2.24) is 14.7 Å². The van der Waals surface area contributed by atoms with Gasteiger partial charge in [-0.3, -0.25) is 14.3 Å². The van der Waals surface area contributed by atoms with E-state index in [0.29, 0.717) is 38.2 Å².